The number of alkyl halides is 4. The topological polar surface area (TPSA) is 151 Å². The Bertz CT molecular complexity index is 1380. The fraction of sp³-hybridized carbons (Fsp3) is 0.393. The van der Waals surface area contributed by atoms with Gasteiger partial charge in [-0.2, -0.15) is 0 Å². The summed E-state index contributed by atoms with van der Waals surface area (Å²) in [6.45, 7) is 0.846. The molecule has 1 N–H and O–H groups in total. The van der Waals surface area contributed by atoms with Crippen LogP contribution in [-0.4, -0.2) is 88.6 Å². The van der Waals surface area contributed by atoms with Gasteiger partial charge < -0.3 is 28.4 Å². The summed E-state index contributed by atoms with van der Waals surface area (Å²) in [7, 11) is 1.53. The van der Waals surface area contributed by atoms with Crippen molar-refractivity contribution in [2.24, 2.45) is 0 Å². The summed E-state index contributed by atoms with van der Waals surface area (Å²) in [5.41, 5.74) is 0.851. The molecule has 0 unspecified atom stereocenters. The van der Waals surface area contributed by atoms with Gasteiger partial charge in [-0.15, -0.1) is 11.6 Å². The lowest BCUT2D eigenvalue weighted by Crippen LogP contribution is -2.68. The van der Waals surface area contributed by atoms with Crippen LogP contribution in [0.25, 0.3) is 0 Å². The van der Waals surface area contributed by atoms with Crippen LogP contribution >= 0.6 is 46.4 Å². The molecule has 1 fully saturated rings. The van der Waals surface area contributed by atoms with Crippen LogP contribution in [0.15, 0.2) is 48.5 Å². The largest absolute Gasteiger partial charge is 0.497 e. The normalized spacial score (nSPS) is 23.1. The van der Waals surface area contributed by atoms with E-state index < -0.39 is 70.0 Å². The second-order valence-corrected chi connectivity index (χ2v) is 12.1. The Hall–Kier alpha value is -3.13. The third kappa shape index (κ3) is 7.56. The summed E-state index contributed by atoms with van der Waals surface area (Å²) in [5, 5.41) is 8.18. The molecular formula is C28H26Cl4N2O10. The number of nitrogens with one attached hydrogen (secondary N) is 1. The monoisotopic (exact) mass is 690 g/mol. The molecule has 12 nitrogen and oxygen atoms in total. The van der Waals surface area contributed by atoms with Crippen LogP contribution in [0.4, 0.5) is 0 Å². The van der Waals surface area contributed by atoms with Crippen molar-refractivity contribution < 1.29 is 47.6 Å². The van der Waals surface area contributed by atoms with E-state index in [0.29, 0.717) is 5.75 Å². The fourth-order valence-electron chi connectivity index (χ4n) is 4.72. The van der Waals surface area contributed by atoms with Gasteiger partial charge in [0.25, 0.3) is 15.6 Å². The predicted octanol–water partition coefficient (Wildman–Crippen LogP) is 4.05. The number of amides is 2. The highest BCUT2D eigenvalue weighted by molar-refractivity contribution is 6.76. The van der Waals surface area contributed by atoms with Gasteiger partial charge in [0.05, 0.1) is 31.5 Å². The van der Waals surface area contributed by atoms with Crippen LogP contribution in [0.5, 0.6) is 5.75 Å². The zero-order valence-corrected chi connectivity index (χ0v) is 26.2. The van der Waals surface area contributed by atoms with Crippen molar-refractivity contribution in [1.29, 1.82) is 5.41 Å². The number of hydrogen-bond donors (Lipinski definition) is 1. The molecule has 44 heavy (non-hydrogen) atoms. The SMILES string of the molecule is COc1ccc(COC[C@H]2O[C@@H](OC(=N)C(Cl)(Cl)Cl)[C@H](N3C(=O)c4ccccc4C3=O)[C@@H](OC(C)=O)[C@@H]2OC(=O)CCl)cc1. The molecule has 5 atom stereocenters. The first kappa shape index (κ1) is 33.8. The summed E-state index contributed by atoms with van der Waals surface area (Å²) in [4.78, 5) is 52.7. The van der Waals surface area contributed by atoms with Crippen LogP contribution in [0.1, 0.15) is 33.2 Å². The van der Waals surface area contributed by atoms with Gasteiger partial charge in [-0.1, -0.05) is 59.1 Å². The average Bonchev–Trinajstić information content (AvgIpc) is 3.23. The molecule has 1 saturated heterocycles. The first-order valence-electron chi connectivity index (χ1n) is 12.9. The lowest BCUT2D eigenvalue weighted by molar-refractivity contribution is -0.270. The molecule has 0 radical (unpaired) electrons. The number of rotatable bonds is 10. The number of carbonyl (C=O) groups excluding carboxylic acids is 4. The Balaban J connectivity index is 1.73. The molecule has 2 aliphatic rings. The standard InChI is InChI=1S/C28H26Cl4N2O10/c1-14(35)41-23-21(34-24(37)17-5-3-4-6-18(17)25(34)38)26(44-27(33)28(30,31)32)42-19(22(23)43-20(36)11-29)13-40-12-15-7-9-16(39-2)10-8-15/h3-10,19,21-23,26,33H,11-13H2,1-2H3/t19-,21-,22-,23-,26+/m1/s1. The maximum Gasteiger partial charge on any atom is 0.321 e. The minimum atomic E-state index is -2.38. The predicted molar refractivity (Wildman–Crippen MR) is 157 cm³/mol. The van der Waals surface area contributed by atoms with E-state index in [4.69, 9.17) is 80.2 Å². The number of carbonyl (C=O) groups is 4. The number of ether oxygens (including phenoxy) is 6. The summed E-state index contributed by atoms with van der Waals surface area (Å²) < 4.78 is 31.4. The smallest absolute Gasteiger partial charge is 0.321 e. The Kier molecular flexibility index (Phi) is 11.0. The number of hydrogen-bond acceptors (Lipinski definition) is 11. The van der Waals surface area contributed by atoms with Crippen molar-refractivity contribution in [3.05, 3.63) is 65.2 Å². The number of methoxy groups -OCH3 is 1. The Morgan fingerprint density at radius 2 is 1.57 bits per heavy atom. The van der Waals surface area contributed by atoms with Gasteiger partial charge in [-0.05, 0) is 29.8 Å². The minimum Gasteiger partial charge on any atom is -0.497 e. The van der Waals surface area contributed by atoms with Gasteiger partial charge in [0.2, 0.25) is 12.2 Å². The Morgan fingerprint density at radius 3 is 2.09 bits per heavy atom. The Labute approximate surface area is 271 Å². The lowest BCUT2D eigenvalue weighted by atomic mass is 9.94. The van der Waals surface area contributed by atoms with Gasteiger partial charge in [-0.25, -0.2) is 0 Å². The first-order chi connectivity index (χ1) is 20.8. The van der Waals surface area contributed by atoms with E-state index in [1.165, 1.54) is 19.2 Å². The number of nitrogens with zero attached hydrogens (tertiary/aromatic N) is 1. The molecule has 16 heteroatoms. The quantitative estimate of drug-likeness (QED) is 0.127. The second-order valence-electron chi connectivity index (χ2n) is 9.53. The fourth-order valence-corrected chi connectivity index (χ4v) is 4.92. The summed E-state index contributed by atoms with van der Waals surface area (Å²) in [5.74, 6) is -4.24. The zero-order valence-electron chi connectivity index (χ0n) is 23.2. The lowest BCUT2D eigenvalue weighted by Gasteiger charge is -2.47. The molecule has 2 aliphatic heterocycles. The van der Waals surface area contributed by atoms with Crippen LogP contribution in [0, 0.1) is 5.41 Å². The molecule has 236 valence electrons. The molecule has 0 saturated carbocycles. The van der Waals surface area contributed by atoms with Crippen LogP contribution < -0.4 is 4.74 Å². The Morgan fingerprint density at radius 1 is 0.955 bits per heavy atom. The van der Waals surface area contributed by atoms with Crippen LogP contribution in [0.3, 0.4) is 0 Å². The van der Waals surface area contributed by atoms with Crippen LogP contribution in [0.2, 0.25) is 0 Å². The molecule has 0 spiro atoms. The summed E-state index contributed by atoms with van der Waals surface area (Å²) in [6, 6.07) is 11.3. The van der Waals surface area contributed by atoms with Gasteiger partial charge in [0.15, 0.2) is 12.2 Å². The summed E-state index contributed by atoms with van der Waals surface area (Å²) in [6.07, 6.45) is -6.09. The zero-order chi connectivity index (χ0) is 32.2. The molecular weight excluding hydrogens is 666 g/mol. The number of benzene rings is 2. The van der Waals surface area contributed by atoms with Gasteiger partial charge in [0.1, 0.15) is 23.8 Å². The van der Waals surface area contributed by atoms with E-state index >= 15 is 0 Å². The number of fused-ring (bicyclic) bond motifs is 1. The summed E-state index contributed by atoms with van der Waals surface area (Å²) >= 11 is 23.3. The van der Waals surface area contributed by atoms with Crippen molar-refractivity contribution in [2.45, 2.75) is 48.0 Å². The van der Waals surface area contributed by atoms with Crippen molar-refractivity contribution in [1.82, 2.24) is 4.90 Å². The first-order valence-corrected chi connectivity index (χ1v) is 14.6. The molecule has 0 bridgehead atoms. The van der Waals surface area contributed by atoms with E-state index in [9.17, 15) is 19.2 Å². The van der Waals surface area contributed by atoms with Crippen molar-refractivity contribution in [3.8, 4) is 5.75 Å². The molecule has 2 amide bonds. The highest BCUT2D eigenvalue weighted by Gasteiger charge is 2.58. The second kappa shape index (κ2) is 14.3. The average molecular weight is 692 g/mol. The van der Waals surface area contributed by atoms with E-state index in [1.807, 2.05) is 0 Å². The third-order valence-electron chi connectivity index (χ3n) is 6.62. The van der Waals surface area contributed by atoms with E-state index in [0.717, 1.165) is 17.4 Å². The number of halogens is 4. The highest BCUT2D eigenvalue weighted by atomic mass is 35.6. The van der Waals surface area contributed by atoms with E-state index in [-0.39, 0.29) is 24.3 Å². The van der Waals surface area contributed by atoms with Crippen molar-refractivity contribution in [3.63, 3.8) is 0 Å². The van der Waals surface area contributed by atoms with Gasteiger partial charge in [0, 0.05) is 6.92 Å². The van der Waals surface area contributed by atoms with Gasteiger partial charge in [-0.3, -0.25) is 29.5 Å². The molecule has 2 heterocycles. The molecule has 0 aromatic heterocycles. The van der Waals surface area contributed by atoms with E-state index in [1.54, 1.807) is 36.4 Å². The maximum absolute atomic E-state index is 13.6. The van der Waals surface area contributed by atoms with Crippen molar-refractivity contribution in [2.75, 3.05) is 19.6 Å². The minimum absolute atomic E-state index is 0.0496. The number of esters is 2. The molecule has 2 aromatic rings. The van der Waals surface area contributed by atoms with E-state index in [2.05, 4.69) is 0 Å². The molecule has 4 rings (SSSR count). The van der Waals surface area contributed by atoms with Gasteiger partial charge >= 0.3 is 11.9 Å². The highest BCUT2D eigenvalue weighted by Crippen LogP contribution is 2.37. The third-order valence-corrected chi connectivity index (χ3v) is 7.35. The van der Waals surface area contributed by atoms with Crippen molar-refractivity contribution >= 4 is 76.1 Å². The molecule has 2 aromatic carbocycles. The van der Waals surface area contributed by atoms with Crippen LogP contribution in [-0.2, 0) is 39.9 Å². The number of imide groups is 1. The molecule has 0 aliphatic carbocycles. The maximum atomic E-state index is 13.6.